The number of benzene rings is 2. The number of nitrogens with zero attached hydrogens (tertiary/aromatic N) is 1. The van der Waals surface area contributed by atoms with E-state index < -0.39 is 0 Å². The number of carbonyl (C=O) groups is 1. The number of pyridine rings is 1. The van der Waals surface area contributed by atoms with Crippen molar-refractivity contribution in [3.63, 3.8) is 0 Å². The Bertz CT molecular complexity index is 908. The minimum Gasteiger partial charge on any atom is -0.486 e. The summed E-state index contributed by atoms with van der Waals surface area (Å²) in [6.45, 7) is 1.33. The van der Waals surface area contributed by atoms with Crippen molar-refractivity contribution in [2.45, 2.75) is 6.54 Å². The van der Waals surface area contributed by atoms with Crippen molar-refractivity contribution in [1.29, 1.82) is 0 Å². The van der Waals surface area contributed by atoms with Gasteiger partial charge in [0.15, 0.2) is 23.9 Å². The monoisotopic (exact) mass is 321 g/mol. The number of nitrogens with one attached hydrogen (secondary N) is 1. The maximum Gasteiger partial charge on any atom is 0.290 e. The van der Waals surface area contributed by atoms with Crippen LogP contribution in [-0.2, 0) is 11.3 Å². The van der Waals surface area contributed by atoms with Gasteiger partial charge in [0.05, 0.1) is 0 Å². The molecule has 0 spiro atoms. The quantitative estimate of drug-likeness (QED) is 0.754. The summed E-state index contributed by atoms with van der Waals surface area (Å²) < 4.78 is 12.9. The van der Waals surface area contributed by atoms with Crippen LogP contribution in [0.15, 0.2) is 60.9 Å². The molecule has 0 aliphatic carbocycles. The van der Waals surface area contributed by atoms with Crippen molar-refractivity contribution in [3.05, 3.63) is 60.9 Å². The van der Waals surface area contributed by atoms with Crippen LogP contribution in [0.4, 0.5) is 5.69 Å². The molecule has 2 aromatic carbocycles. The van der Waals surface area contributed by atoms with E-state index in [1.54, 1.807) is 6.07 Å². The van der Waals surface area contributed by atoms with Crippen LogP contribution in [0.3, 0.4) is 0 Å². The molecule has 0 saturated heterocycles. The summed E-state index contributed by atoms with van der Waals surface area (Å²) in [6.07, 6.45) is 3.88. The summed E-state index contributed by atoms with van der Waals surface area (Å²) in [5.41, 5.74) is 0.700. The summed E-state index contributed by atoms with van der Waals surface area (Å²) in [4.78, 5) is 12.3. The highest BCUT2D eigenvalue weighted by atomic mass is 16.6. The van der Waals surface area contributed by atoms with Crippen molar-refractivity contribution >= 4 is 22.4 Å². The molecule has 1 N–H and O–H groups in total. The third-order valence-electron chi connectivity index (χ3n) is 3.90. The Morgan fingerprint density at radius 1 is 1.00 bits per heavy atom. The lowest BCUT2D eigenvalue weighted by Gasteiger charge is -2.18. The Balaban J connectivity index is 1.47. The first kappa shape index (κ1) is 14.5. The maximum absolute atomic E-state index is 12.3. The Kier molecular flexibility index (Phi) is 3.75. The highest BCUT2D eigenvalue weighted by Gasteiger charge is 2.14. The fourth-order valence-corrected chi connectivity index (χ4v) is 2.76. The summed E-state index contributed by atoms with van der Waals surface area (Å²) in [6, 6.07) is 15.5. The van der Waals surface area contributed by atoms with E-state index in [-0.39, 0.29) is 12.5 Å². The van der Waals surface area contributed by atoms with E-state index in [4.69, 9.17) is 9.47 Å². The predicted molar refractivity (Wildman–Crippen MR) is 90.2 cm³/mol. The summed E-state index contributed by atoms with van der Waals surface area (Å²) >= 11 is 0. The largest absolute Gasteiger partial charge is 0.486 e. The molecular formula is C19H17N2O3+. The predicted octanol–water partition coefficient (Wildman–Crippen LogP) is 2.54. The molecule has 3 aromatic rings. The van der Waals surface area contributed by atoms with Crippen LogP contribution in [0.2, 0.25) is 0 Å². The first-order valence-electron chi connectivity index (χ1n) is 7.85. The van der Waals surface area contributed by atoms with Gasteiger partial charge in [-0.1, -0.05) is 18.2 Å². The SMILES string of the molecule is O=C(C[n+]1ccc2ccccc2c1)Nc1ccc2c(c1)OCCO2. The van der Waals surface area contributed by atoms with Crippen LogP contribution in [0.5, 0.6) is 11.5 Å². The van der Waals surface area contributed by atoms with Crippen LogP contribution in [-0.4, -0.2) is 19.1 Å². The maximum atomic E-state index is 12.3. The van der Waals surface area contributed by atoms with Crippen molar-refractivity contribution in [1.82, 2.24) is 0 Å². The highest BCUT2D eigenvalue weighted by Crippen LogP contribution is 2.32. The van der Waals surface area contributed by atoms with Crippen molar-refractivity contribution < 1.29 is 18.8 Å². The normalized spacial score (nSPS) is 12.8. The first-order chi connectivity index (χ1) is 11.8. The molecule has 1 aromatic heterocycles. The molecule has 5 heteroatoms. The number of rotatable bonds is 3. The smallest absolute Gasteiger partial charge is 0.290 e. The Morgan fingerprint density at radius 2 is 1.79 bits per heavy atom. The van der Waals surface area contributed by atoms with Crippen molar-refractivity contribution in [2.24, 2.45) is 0 Å². The molecule has 0 fully saturated rings. The number of ether oxygens (including phenoxy) is 2. The molecule has 0 atom stereocenters. The lowest BCUT2D eigenvalue weighted by molar-refractivity contribution is -0.682. The number of amides is 1. The second-order valence-electron chi connectivity index (χ2n) is 5.65. The molecule has 4 rings (SSSR count). The number of hydrogen-bond donors (Lipinski definition) is 1. The molecule has 0 radical (unpaired) electrons. The highest BCUT2D eigenvalue weighted by molar-refractivity contribution is 5.90. The molecule has 1 aliphatic rings. The lowest BCUT2D eigenvalue weighted by Crippen LogP contribution is -2.39. The molecule has 1 amide bonds. The average Bonchev–Trinajstić information content (AvgIpc) is 2.61. The van der Waals surface area contributed by atoms with Crippen LogP contribution >= 0.6 is 0 Å². The van der Waals surface area contributed by atoms with Crippen LogP contribution in [0, 0.1) is 0 Å². The van der Waals surface area contributed by atoms with Gasteiger partial charge in [0, 0.05) is 23.2 Å². The number of fused-ring (bicyclic) bond motifs is 2. The van der Waals surface area contributed by atoms with Gasteiger partial charge in [-0.25, -0.2) is 0 Å². The number of aromatic nitrogens is 1. The van der Waals surface area contributed by atoms with Crippen LogP contribution in [0.1, 0.15) is 0 Å². The number of anilines is 1. The van der Waals surface area contributed by atoms with Crippen LogP contribution in [0.25, 0.3) is 10.8 Å². The topological polar surface area (TPSA) is 51.4 Å². The van der Waals surface area contributed by atoms with Gasteiger partial charge >= 0.3 is 0 Å². The average molecular weight is 321 g/mol. The fourth-order valence-electron chi connectivity index (χ4n) is 2.76. The number of carbonyl (C=O) groups excluding carboxylic acids is 1. The summed E-state index contributed by atoms with van der Waals surface area (Å²) in [5, 5.41) is 5.15. The van der Waals surface area contributed by atoms with Gasteiger partial charge < -0.3 is 14.8 Å². The van der Waals surface area contributed by atoms with Crippen molar-refractivity contribution in [2.75, 3.05) is 18.5 Å². The molecule has 2 heterocycles. The van der Waals surface area contributed by atoms with Gasteiger partial charge in [-0.3, -0.25) is 4.79 Å². The van der Waals surface area contributed by atoms with E-state index in [9.17, 15) is 4.79 Å². The van der Waals surface area contributed by atoms with E-state index >= 15 is 0 Å². The molecule has 0 bridgehead atoms. The molecule has 5 nitrogen and oxygen atoms in total. The number of hydrogen-bond acceptors (Lipinski definition) is 3. The summed E-state index contributed by atoms with van der Waals surface area (Å²) in [7, 11) is 0. The Hall–Kier alpha value is -3.08. The molecule has 1 aliphatic heterocycles. The van der Waals surface area contributed by atoms with Gasteiger partial charge in [0.2, 0.25) is 6.54 Å². The summed E-state index contributed by atoms with van der Waals surface area (Å²) in [5.74, 6) is 1.28. The van der Waals surface area contributed by atoms with Gasteiger partial charge in [0.1, 0.15) is 13.2 Å². The minimum atomic E-state index is -0.0908. The molecule has 24 heavy (non-hydrogen) atoms. The second-order valence-corrected chi connectivity index (χ2v) is 5.65. The molecule has 0 unspecified atom stereocenters. The fraction of sp³-hybridized carbons (Fsp3) is 0.158. The molecule has 0 saturated carbocycles. The molecule has 120 valence electrons. The zero-order valence-electron chi connectivity index (χ0n) is 13.1. The Labute approximate surface area is 139 Å². The minimum absolute atomic E-state index is 0.0908. The first-order valence-corrected chi connectivity index (χ1v) is 7.85. The van der Waals surface area contributed by atoms with E-state index in [0.717, 1.165) is 10.8 Å². The van der Waals surface area contributed by atoms with Gasteiger partial charge in [-0.15, -0.1) is 0 Å². The zero-order valence-corrected chi connectivity index (χ0v) is 13.1. The van der Waals surface area contributed by atoms with Gasteiger partial charge in [-0.2, -0.15) is 4.57 Å². The van der Waals surface area contributed by atoms with E-state index in [0.29, 0.717) is 30.4 Å². The van der Waals surface area contributed by atoms with Gasteiger partial charge in [-0.05, 0) is 23.6 Å². The standard InChI is InChI=1S/C19H16N2O3/c22-19(13-21-8-7-14-3-1-2-4-15(14)12-21)20-16-5-6-17-18(11-16)24-10-9-23-17/h1-8,11-12H,9-10,13H2/p+1. The van der Waals surface area contributed by atoms with E-state index in [1.165, 1.54) is 0 Å². The van der Waals surface area contributed by atoms with E-state index in [1.807, 2.05) is 53.4 Å². The third kappa shape index (κ3) is 3.01. The Morgan fingerprint density at radius 3 is 2.67 bits per heavy atom. The third-order valence-corrected chi connectivity index (χ3v) is 3.90. The van der Waals surface area contributed by atoms with Crippen LogP contribution < -0.4 is 19.4 Å². The van der Waals surface area contributed by atoms with Gasteiger partial charge in [0.25, 0.3) is 5.91 Å². The van der Waals surface area contributed by atoms with Crippen molar-refractivity contribution in [3.8, 4) is 11.5 Å². The lowest BCUT2D eigenvalue weighted by atomic mass is 10.2. The zero-order chi connectivity index (χ0) is 16.4. The van der Waals surface area contributed by atoms with E-state index in [2.05, 4.69) is 11.4 Å². The molecular weight excluding hydrogens is 304 g/mol. The second kappa shape index (κ2) is 6.20.